The van der Waals surface area contributed by atoms with Crippen molar-refractivity contribution in [1.29, 1.82) is 0 Å². The minimum atomic E-state index is -0.0868. The predicted octanol–water partition coefficient (Wildman–Crippen LogP) is 2.13. The van der Waals surface area contributed by atoms with Gasteiger partial charge in [0.25, 0.3) is 5.56 Å². The number of hydrogen-bond donors (Lipinski definition) is 2. The van der Waals surface area contributed by atoms with Crippen molar-refractivity contribution in [2.45, 2.75) is 25.9 Å². The van der Waals surface area contributed by atoms with E-state index in [1.165, 1.54) is 0 Å². The van der Waals surface area contributed by atoms with E-state index in [-0.39, 0.29) is 11.6 Å². The van der Waals surface area contributed by atoms with Crippen LogP contribution in [0.4, 0.5) is 0 Å². The van der Waals surface area contributed by atoms with Gasteiger partial charge in [-0.1, -0.05) is 36.7 Å². The van der Waals surface area contributed by atoms with Crippen molar-refractivity contribution in [2.75, 3.05) is 19.6 Å². The highest BCUT2D eigenvalue weighted by atomic mass is 35.5. The zero-order valence-electron chi connectivity index (χ0n) is 13.2. The molecule has 5 nitrogen and oxygen atoms in total. The number of halogens is 1. The SMILES string of the molecule is CCc1cc(=O)[nH]c(CN2CCNCC2c2ccccc2Cl)n1. The molecule has 1 aliphatic rings. The molecule has 2 N–H and O–H groups in total. The van der Waals surface area contributed by atoms with E-state index in [4.69, 9.17) is 11.6 Å². The van der Waals surface area contributed by atoms with Gasteiger partial charge in [0.2, 0.25) is 0 Å². The minimum absolute atomic E-state index is 0.0868. The Hall–Kier alpha value is -1.69. The second kappa shape index (κ2) is 7.25. The zero-order chi connectivity index (χ0) is 16.2. The number of nitrogens with one attached hydrogen (secondary N) is 2. The molecule has 1 aliphatic heterocycles. The molecule has 2 aromatic rings. The van der Waals surface area contributed by atoms with E-state index >= 15 is 0 Å². The molecule has 1 aromatic heterocycles. The molecule has 0 amide bonds. The third-order valence-corrected chi connectivity index (χ3v) is 4.52. The molecule has 1 saturated heterocycles. The van der Waals surface area contributed by atoms with Crippen molar-refractivity contribution in [3.8, 4) is 0 Å². The summed E-state index contributed by atoms with van der Waals surface area (Å²) in [6.07, 6.45) is 0.756. The highest BCUT2D eigenvalue weighted by Gasteiger charge is 2.26. The van der Waals surface area contributed by atoms with Gasteiger partial charge in [0.05, 0.1) is 6.54 Å². The van der Waals surface area contributed by atoms with Crippen molar-refractivity contribution in [3.05, 3.63) is 62.8 Å². The van der Waals surface area contributed by atoms with E-state index in [0.717, 1.165) is 42.3 Å². The average molecular weight is 333 g/mol. The van der Waals surface area contributed by atoms with Gasteiger partial charge in [-0.15, -0.1) is 0 Å². The van der Waals surface area contributed by atoms with Crippen LogP contribution in [0.2, 0.25) is 5.02 Å². The molecule has 3 rings (SSSR count). The molecule has 23 heavy (non-hydrogen) atoms. The fourth-order valence-corrected chi connectivity index (χ4v) is 3.26. The van der Waals surface area contributed by atoms with Crippen LogP contribution in [-0.4, -0.2) is 34.5 Å². The van der Waals surface area contributed by atoms with Crippen LogP contribution < -0.4 is 10.9 Å². The van der Waals surface area contributed by atoms with Crippen molar-refractivity contribution >= 4 is 11.6 Å². The predicted molar refractivity (Wildman–Crippen MR) is 91.7 cm³/mol. The quantitative estimate of drug-likeness (QED) is 0.900. The summed E-state index contributed by atoms with van der Waals surface area (Å²) in [5.41, 5.74) is 1.85. The Kier molecular flexibility index (Phi) is 5.10. The summed E-state index contributed by atoms with van der Waals surface area (Å²) < 4.78 is 0. The van der Waals surface area contributed by atoms with Crippen molar-refractivity contribution < 1.29 is 0 Å². The number of piperazine rings is 1. The van der Waals surface area contributed by atoms with Crippen LogP contribution in [0, 0.1) is 0 Å². The molecule has 2 heterocycles. The van der Waals surface area contributed by atoms with Crippen LogP contribution in [0.5, 0.6) is 0 Å². The maximum atomic E-state index is 11.8. The number of nitrogens with zero attached hydrogens (tertiary/aromatic N) is 2. The molecule has 1 fully saturated rings. The van der Waals surface area contributed by atoms with Gasteiger partial charge in [0.15, 0.2) is 0 Å². The molecule has 1 atom stereocenters. The van der Waals surface area contributed by atoms with Crippen LogP contribution in [0.25, 0.3) is 0 Å². The molecular formula is C17H21ClN4O. The smallest absolute Gasteiger partial charge is 0.251 e. The van der Waals surface area contributed by atoms with Crippen LogP contribution in [0.1, 0.15) is 30.0 Å². The molecule has 1 unspecified atom stereocenters. The lowest BCUT2D eigenvalue weighted by Gasteiger charge is -2.36. The maximum Gasteiger partial charge on any atom is 0.251 e. The molecular weight excluding hydrogens is 312 g/mol. The zero-order valence-corrected chi connectivity index (χ0v) is 13.9. The third-order valence-electron chi connectivity index (χ3n) is 4.18. The standard InChI is InChI=1S/C17H21ClN4O/c1-2-12-9-17(23)21-16(20-12)11-22-8-7-19-10-15(22)13-5-3-4-6-14(13)18/h3-6,9,15,19H,2,7-8,10-11H2,1H3,(H,20,21,23). The summed E-state index contributed by atoms with van der Waals surface area (Å²) >= 11 is 6.37. The summed E-state index contributed by atoms with van der Waals surface area (Å²) in [5, 5.41) is 4.19. The van der Waals surface area contributed by atoms with Crippen molar-refractivity contribution in [3.63, 3.8) is 0 Å². The fourth-order valence-electron chi connectivity index (χ4n) is 3.00. The average Bonchev–Trinajstić information content (AvgIpc) is 2.55. The summed E-state index contributed by atoms with van der Waals surface area (Å²) in [5.74, 6) is 0.716. The van der Waals surface area contributed by atoms with Gasteiger partial charge >= 0.3 is 0 Å². The Bertz CT molecular complexity index is 731. The number of aryl methyl sites for hydroxylation is 1. The topological polar surface area (TPSA) is 61.0 Å². The number of aromatic amines is 1. The van der Waals surface area contributed by atoms with Crippen LogP contribution in [0.15, 0.2) is 35.1 Å². The number of rotatable bonds is 4. The van der Waals surface area contributed by atoms with E-state index in [0.29, 0.717) is 12.4 Å². The second-order valence-electron chi connectivity index (χ2n) is 5.75. The summed E-state index contributed by atoms with van der Waals surface area (Å²) in [6, 6.07) is 9.66. The molecule has 122 valence electrons. The van der Waals surface area contributed by atoms with E-state index in [2.05, 4.69) is 26.3 Å². The Morgan fingerprint density at radius 1 is 1.39 bits per heavy atom. The van der Waals surface area contributed by atoms with Gasteiger partial charge < -0.3 is 10.3 Å². The van der Waals surface area contributed by atoms with Gasteiger partial charge in [0, 0.05) is 42.5 Å². The molecule has 0 radical (unpaired) electrons. The lowest BCUT2D eigenvalue weighted by molar-refractivity contribution is 0.149. The number of hydrogen-bond acceptors (Lipinski definition) is 4. The Morgan fingerprint density at radius 3 is 3.00 bits per heavy atom. The van der Waals surface area contributed by atoms with Gasteiger partial charge in [0.1, 0.15) is 5.82 Å². The third kappa shape index (κ3) is 3.80. The molecule has 0 bridgehead atoms. The second-order valence-corrected chi connectivity index (χ2v) is 6.16. The van der Waals surface area contributed by atoms with Crippen LogP contribution in [0.3, 0.4) is 0 Å². The summed E-state index contributed by atoms with van der Waals surface area (Å²) in [6.45, 7) is 5.25. The van der Waals surface area contributed by atoms with Crippen molar-refractivity contribution in [1.82, 2.24) is 20.2 Å². The number of aromatic nitrogens is 2. The molecule has 6 heteroatoms. The number of H-pyrrole nitrogens is 1. The van der Waals surface area contributed by atoms with Gasteiger partial charge in [-0.05, 0) is 18.1 Å². The van der Waals surface area contributed by atoms with Gasteiger partial charge in [-0.25, -0.2) is 4.98 Å². The van der Waals surface area contributed by atoms with Crippen molar-refractivity contribution in [2.24, 2.45) is 0 Å². The minimum Gasteiger partial charge on any atom is -0.314 e. The molecule has 0 aliphatic carbocycles. The molecule has 1 aromatic carbocycles. The Morgan fingerprint density at radius 2 is 2.22 bits per heavy atom. The number of benzene rings is 1. The Labute approximate surface area is 140 Å². The van der Waals surface area contributed by atoms with E-state index in [9.17, 15) is 4.79 Å². The van der Waals surface area contributed by atoms with Gasteiger partial charge in [-0.2, -0.15) is 0 Å². The Balaban J connectivity index is 1.86. The molecule has 0 spiro atoms. The first-order valence-corrected chi connectivity index (χ1v) is 8.33. The fraction of sp³-hybridized carbons (Fsp3) is 0.412. The van der Waals surface area contributed by atoms with Crippen LogP contribution >= 0.6 is 11.6 Å². The maximum absolute atomic E-state index is 11.8. The first kappa shape index (κ1) is 16.2. The first-order valence-electron chi connectivity index (χ1n) is 7.95. The summed E-state index contributed by atoms with van der Waals surface area (Å²) in [7, 11) is 0. The monoisotopic (exact) mass is 332 g/mol. The lowest BCUT2D eigenvalue weighted by atomic mass is 10.0. The summed E-state index contributed by atoms with van der Waals surface area (Å²) in [4.78, 5) is 21.5. The first-order chi connectivity index (χ1) is 11.2. The van der Waals surface area contributed by atoms with Gasteiger partial charge in [-0.3, -0.25) is 9.69 Å². The highest BCUT2D eigenvalue weighted by Crippen LogP contribution is 2.29. The van der Waals surface area contributed by atoms with E-state index < -0.39 is 0 Å². The lowest BCUT2D eigenvalue weighted by Crippen LogP contribution is -2.46. The van der Waals surface area contributed by atoms with E-state index in [1.807, 2.05) is 25.1 Å². The van der Waals surface area contributed by atoms with Crippen LogP contribution in [-0.2, 0) is 13.0 Å². The largest absolute Gasteiger partial charge is 0.314 e. The highest BCUT2D eigenvalue weighted by molar-refractivity contribution is 6.31. The van der Waals surface area contributed by atoms with E-state index in [1.54, 1.807) is 6.07 Å². The normalized spacial score (nSPS) is 19.0. The molecule has 0 saturated carbocycles.